The molecular weight excluding hydrogens is 406 g/mol. The minimum Gasteiger partial charge on any atom is -0.487 e. The zero-order valence-corrected chi connectivity index (χ0v) is 17.7. The molecule has 2 aliphatic heterocycles. The molecule has 1 atom stereocenters. The molecule has 1 fully saturated rings. The summed E-state index contributed by atoms with van der Waals surface area (Å²) in [5.74, 6) is 0.518. The molecule has 0 spiro atoms. The number of hydrogen-bond donors (Lipinski definition) is 1. The number of ether oxygens (including phenoxy) is 1. The highest BCUT2D eigenvalue weighted by atomic mass is 16.5. The molecule has 8 nitrogen and oxygen atoms in total. The lowest BCUT2D eigenvalue weighted by Gasteiger charge is -2.32. The van der Waals surface area contributed by atoms with E-state index in [2.05, 4.69) is 22.2 Å². The van der Waals surface area contributed by atoms with E-state index in [0.717, 1.165) is 11.3 Å². The van der Waals surface area contributed by atoms with E-state index in [1.165, 1.54) is 5.56 Å². The Kier molecular flexibility index (Phi) is 4.97. The zero-order chi connectivity index (χ0) is 22.2. The molecule has 2 aromatic carbocycles. The van der Waals surface area contributed by atoms with Crippen molar-refractivity contribution in [1.29, 1.82) is 0 Å². The SMILES string of the molecule is C=C1NC(=O)CCC1N1Cc2c(OCc3cn(-c4ccc(C)cc4)nn3)cccc2C1=O. The highest BCUT2D eigenvalue weighted by molar-refractivity contribution is 5.99. The van der Waals surface area contributed by atoms with E-state index in [0.29, 0.717) is 42.1 Å². The molecule has 1 aromatic heterocycles. The number of rotatable bonds is 5. The summed E-state index contributed by atoms with van der Waals surface area (Å²) < 4.78 is 7.75. The van der Waals surface area contributed by atoms with Crippen molar-refractivity contribution in [2.75, 3.05) is 0 Å². The van der Waals surface area contributed by atoms with Crippen LogP contribution >= 0.6 is 0 Å². The first-order chi connectivity index (χ1) is 15.5. The first-order valence-electron chi connectivity index (χ1n) is 10.5. The quantitative estimate of drug-likeness (QED) is 0.674. The topological polar surface area (TPSA) is 89.3 Å². The molecule has 8 heteroatoms. The summed E-state index contributed by atoms with van der Waals surface area (Å²) in [6.45, 7) is 6.64. The van der Waals surface area contributed by atoms with Crippen molar-refractivity contribution >= 4 is 11.8 Å². The van der Waals surface area contributed by atoms with Gasteiger partial charge in [-0.05, 0) is 37.6 Å². The number of benzene rings is 2. The molecule has 1 unspecified atom stereocenters. The van der Waals surface area contributed by atoms with Crippen molar-refractivity contribution in [3.05, 3.63) is 83.3 Å². The van der Waals surface area contributed by atoms with Gasteiger partial charge in [0.1, 0.15) is 18.1 Å². The smallest absolute Gasteiger partial charge is 0.255 e. The first-order valence-corrected chi connectivity index (χ1v) is 10.5. The minimum atomic E-state index is -0.213. The average Bonchev–Trinajstić information content (AvgIpc) is 3.38. The molecule has 2 aliphatic rings. The summed E-state index contributed by atoms with van der Waals surface area (Å²) in [6, 6.07) is 13.3. The Morgan fingerprint density at radius 3 is 2.78 bits per heavy atom. The molecule has 1 N–H and O–H groups in total. The molecule has 1 saturated heterocycles. The second-order valence-corrected chi connectivity index (χ2v) is 8.12. The fourth-order valence-electron chi connectivity index (χ4n) is 4.16. The van der Waals surface area contributed by atoms with Crippen LogP contribution in [-0.2, 0) is 17.9 Å². The van der Waals surface area contributed by atoms with Crippen molar-refractivity contribution in [3.8, 4) is 11.4 Å². The average molecular weight is 429 g/mol. The van der Waals surface area contributed by atoms with Crippen molar-refractivity contribution in [1.82, 2.24) is 25.2 Å². The maximum atomic E-state index is 13.0. The molecule has 3 aromatic rings. The number of hydrogen-bond acceptors (Lipinski definition) is 5. The molecule has 162 valence electrons. The number of fused-ring (bicyclic) bond motifs is 1. The lowest BCUT2D eigenvalue weighted by Crippen LogP contribution is -2.45. The largest absolute Gasteiger partial charge is 0.487 e. The first kappa shape index (κ1) is 20.0. The number of amides is 2. The molecule has 3 heterocycles. The molecule has 0 saturated carbocycles. The Morgan fingerprint density at radius 1 is 1.19 bits per heavy atom. The zero-order valence-electron chi connectivity index (χ0n) is 17.7. The van der Waals surface area contributed by atoms with Crippen LogP contribution in [0.15, 0.2) is 60.9 Å². The van der Waals surface area contributed by atoms with Gasteiger partial charge in [0.05, 0.1) is 24.5 Å². The van der Waals surface area contributed by atoms with Gasteiger partial charge in [-0.2, -0.15) is 0 Å². The summed E-state index contributed by atoms with van der Waals surface area (Å²) in [5, 5.41) is 11.1. The fourth-order valence-corrected chi connectivity index (χ4v) is 4.16. The van der Waals surface area contributed by atoms with Crippen LogP contribution in [0, 0.1) is 6.92 Å². The summed E-state index contributed by atoms with van der Waals surface area (Å²) in [7, 11) is 0. The Bertz CT molecular complexity index is 1210. The third-order valence-electron chi connectivity index (χ3n) is 5.89. The molecule has 0 radical (unpaired) electrons. The number of nitrogens with one attached hydrogen (secondary N) is 1. The Labute approximate surface area is 185 Å². The van der Waals surface area contributed by atoms with Gasteiger partial charge >= 0.3 is 0 Å². The van der Waals surface area contributed by atoms with Gasteiger partial charge in [-0.15, -0.1) is 5.10 Å². The summed E-state index contributed by atoms with van der Waals surface area (Å²) in [4.78, 5) is 26.4. The predicted molar refractivity (Wildman–Crippen MR) is 117 cm³/mol. The summed E-state index contributed by atoms with van der Waals surface area (Å²) >= 11 is 0. The van der Waals surface area contributed by atoms with Crippen LogP contribution in [0.5, 0.6) is 5.75 Å². The highest BCUT2D eigenvalue weighted by Gasteiger charge is 2.37. The van der Waals surface area contributed by atoms with E-state index in [4.69, 9.17) is 4.74 Å². The van der Waals surface area contributed by atoms with Crippen LogP contribution < -0.4 is 10.1 Å². The van der Waals surface area contributed by atoms with Gasteiger partial charge in [-0.3, -0.25) is 9.59 Å². The standard InChI is InChI=1S/C24H23N5O3/c1-15-6-8-18(9-7-15)29-12-17(26-27-29)14-32-22-5-3-4-19-20(22)13-28(24(19)31)21-10-11-23(30)25-16(21)2/h3-9,12,21H,2,10-11,13-14H2,1H3,(H,25,30). The van der Waals surface area contributed by atoms with Gasteiger partial charge in [0.25, 0.3) is 5.91 Å². The minimum absolute atomic E-state index is 0.0573. The molecule has 32 heavy (non-hydrogen) atoms. The lowest BCUT2D eigenvalue weighted by atomic mass is 10.0. The Balaban J connectivity index is 1.31. The summed E-state index contributed by atoms with van der Waals surface area (Å²) in [6.07, 6.45) is 2.78. The molecule has 5 rings (SSSR count). The molecule has 2 amide bonds. The van der Waals surface area contributed by atoms with Crippen LogP contribution in [-0.4, -0.2) is 37.7 Å². The van der Waals surface area contributed by atoms with Crippen LogP contribution in [0.1, 0.15) is 40.0 Å². The van der Waals surface area contributed by atoms with Crippen molar-refractivity contribution in [2.24, 2.45) is 0 Å². The number of nitrogens with zero attached hydrogens (tertiary/aromatic N) is 4. The third-order valence-corrected chi connectivity index (χ3v) is 5.89. The second kappa shape index (κ2) is 7.96. The van der Waals surface area contributed by atoms with E-state index in [9.17, 15) is 9.59 Å². The van der Waals surface area contributed by atoms with Crippen LogP contribution in [0.4, 0.5) is 0 Å². The molecule has 0 aliphatic carbocycles. The number of aromatic nitrogens is 3. The molecule has 0 bridgehead atoms. The second-order valence-electron chi connectivity index (χ2n) is 8.12. The van der Waals surface area contributed by atoms with E-state index in [-0.39, 0.29) is 24.5 Å². The van der Waals surface area contributed by atoms with E-state index < -0.39 is 0 Å². The Hall–Kier alpha value is -3.94. The van der Waals surface area contributed by atoms with E-state index in [1.807, 2.05) is 55.6 Å². The van der Waals surface area contributed by atoms with E-state index in [1.54, 1.807) is 9.58 Å². The van der Waals surface area contributed by atoms with Crippen LogP contribution in [0.2, 0.25) is 0 Å². The number of piperidine rings is 1. The monoisotopic (exact) mass is 429 g/mol. The van der Waals surface area contributed by atoms with Crippen LogP contribution in [0.25, 0.3) is 5.69 Å². The van der Waals surface area contributed by atoms with Crippen molar-refractivity contribution in [2.45, 2.75) is 39.0 Å². The van der Waals surface area contributed by atoms with E-state index >= 15 is 0 Å². The van der Waals surface area contributed by atoms with Gasteiger partial charge in [-0.1, -0.05) is 35.6 Å². The number of carbonyl (C=O) groups is 2. The van der Waals surface area contributed by atoms with Crippen molar-refractivity contribution < 1.29 is 14.3 Å². The van der Waals surface area contributed by atoms with Gasteiger partial charge in [0, 0.05) is 23.2 Å². The lowest BCUT2D eigenvalue weighted by molar-refractivity contribution is -0.121. The number of carbonyl (C=O) groups excluding carboxylic acids is 2. The molecular formula is C24H23N5O3. The highest BCUT2D eigenvalue weighted by Crippen LogP contribution is 2.35. The van der Waals surface area contributed by atoms with Gasteiger partial charge in [0.15, 0.2) is 0 Å². The normalized spacial score (nSPS) is 18.0. The van der Waals surface area contributed by atoms with Crippen molar-refractivity contribution in [3.63, 3.8) is 0 Å². The van der Waals surface area contributed by atoms with Gasteiger partial charge < -0.3 is 15.0 Å². The maximum Gasteiger partial charge on any atom is 0.255 e. The fraction of sp³-hybridized carbons (Fsp3) is 0.250. The Morgan fingerprint density at radius 2 is 2.00 bits per heavy atom. The van der Waals surface area contributed by atoms with Crippen LogP contribution in [0.3, 0.4) is 0 Å². The summed E-state index contributed by atoms with van der Waals surface area (Å²) in [5.41, 5.74) is 4.82. The third kappa shape index (κ3) is 3.64. The van der Waals surface area contributed by atoms with Gasteiger partial charge in [-0.25, -0.2) is 4.68 Å². The van der Waals surface area contributed by atoms with Gasteiger partial charge in [0.2, 0.25) is 5.91 Å². The predicted octanol–water partition coefficient (Wildman–Crippen LogP) is 2.90. The maximum absolute atomic E-state index is 13.0. The number of aryl methyl sites for hydroxylation is 1.